The number of alkyl halides is 1. The van der Waals surface area contributed by atoms with Crippen molar-refractivity contribution in [3.63, 3.8) is 0 Å². The standard InChI is InChI=1S/C10H11Cl2NO2/c11-5-10(3-4-10)6-13-9(14)7-1-2-8(12)15-7/h1-2H,3-6H2,(H,13,14). The van der Waals surface area contributed by atoms with Crippen LogP contribution in [0.25, 0.3) is 0 Å². The van der Waals surface area contributed by atoms with Gasteiger partial charge in [-0.2, -0.15) is 0 Å². The van der Waals surface area contributed by atoms with Crippen LogP contribution in [-0.2, 0) is 0 Å². The Morgan fingerprint density at radius 3 is 2.73 bits per heavy atom. The van der Waals surface area contributed by atoms with Crippen molar-refractivity contribution in [2.24, 2.45) is 5.41 Å². The van der Waals surface area contributed by atoms with Gasteiger partial charge in [-0.25, -0.2) is 0 Å². The van der Waals surface area contributed by atoms with E-state index in [4.69, 9.17) is 27.6 Å². The quantitative estimate of drug-likeness (QED) is 0.832. The fourth-order valence-electron chi connectivity index (χ4n) is 1.33. The topological polar surface area (TPSA) is 42.2 Å². The summed E-state index contributed by atoms with van der Waals surface area (Å²) < 4.78 is 4.98. The number of nitrogens with one attached hydrogen (secondary N) is 1. The van der Waals surface area contributed by atoms with Crippen molar-refractivity contribution in [2.45, 2.75) is 12.8 Å². The lowest BCUT2D eigenvalue weighted by atomic mass is 10.1. The average molecular weight is 248 g/mol. The maximum absolute atomic E-state index is 11.5. The second kappa shape index (κ2) is 4.06. The summed E-state index contributed by atoms with van der Waals surface area (Å²) in [5, 5.41) is 3.01. The monoisotopic (exact) mass is 247 g/mol. The summed E-state index contributed by atoms with van der Waals surface area (Å²) in [6.07, 6.45) is 2.16. The molecule has 0 unspecified atom stereocenters. The van der Waals surface area contributed by atoms with E-state index in [9.17, 15) is 4.79 Å². The van der Waals surface area contributed by atoms with Gasteiger partial charge in [0.15, 0.2) is 11.0 Å². The van der Waals surface area contributed by atoms with E-state index in [1.165, 1.54) is 0 Å². The van der Waals surface area contributed by atoms with Gasteiger partial charge in [0, 0.05) is 17.8 Å². The lowest BCUT2D eigenvalue weighted by Gasteiger charge is -2.11. The lowest BCUT2D eigenvalue weighted by molar-refractivity contribution is 0.0919. The smallest absolute Gasteiger partial charge is 0.287 e. The van der Waals surface area contributed by atoms with Gasteiger partial charge >= 0.3 is 0 Å². The van der Waals surface area contributed by atoms with Crippen LogP contribution in [0.15, 0.2) is 16.5 Å². The van der Waals surface area contributed by atoms with Gasteiger partial charge in [-0.1, -0.05) is 0 Å². The predicted molar refractivity (Wildman–Crippen MR) is 58.4 cm³/mol. The Labute approximate surface area is 97.7 Å². The first-order valence-corrected chi connectivity index (χ1v) is 5.66. The number of carbonyl (C=O) groups is 1. The minimum Gasteiger partial charge on any atom is -0.440 e. The molecule has 1 aromatic rings. The molecule has 0 radical (unpaired) electrons. The highest BCUT2D eigenvalue weighted by atomic mass is 35.5. The molecular weight excluding hydrogens is 237 g/mol. The van der Waals surface area contributed by atoms with E-state index >= 15 is 0 Å². The molecular formula is C10H11Cl2NO2. The number of hydrogen-bond acceptors (Lipinski definition) is 2. The molecule has 1 aliphatic carbocycles. The first kappa shape index (κ1) is 10.8. The van der Waals surface area contributed by atoms with Crippen molar-refractivity contribution in [3.05, 3.63) is 23.1 Å². The molecule has 1 heterocycles. The molecule has 5 heteroatoms. The Balaban J connectivity index is 1.88. The molecule has 1 saturated carbocycles. The minimum absolute atomic E-state index is 0.119. The van der Waals surface area contributed by atoms with E-state index in [1.807, 2.05) is 0 Å². The third-order valence-electron chi connectivity index (χ3n) is 2.66. The molecule has 1 amide bonds. The van der Waals surface area contributed by atoms with Gasteiger partial charge in [-0.05, 0) is 36.6 Å². The van der Waals surface area contributed by atoms with E-state index < -0.39 is 0 Å². The first-order chi connectivity index (χ1) is 7.15. The number of carbonyl (C=O) groups excluding carboxylic acids is 1. The minimum atomic E-state index is -0.238. The summed E-state index contributed by atoms with van der Waals surface area (Å²) >= 11 is 11.4. The highest BCUT2D eigenvalue weighted by molar-refractivity contribution is 6.29. The maximum Gasteiger partial charge on any atom is 0.287 e. The van der Waals surface area contributed by atoms with Crippen molar-refractivity contribution in [3.8, 4) is 0 Å². The largest absolute Gasteiger partial charge is 0.440 e. The molecule has 0 saturated heterocycles. The number of rotatable bonds is 4. The third-order valence-corrected chi connectivity index (χ3v) is 3.43. The Kier molecular flexibility index (Phi) is 2.94. The van der Waals surface area contributed by atoms with E-state index in [0.29, 0.717) is 12.4 Å². The summed E-state index contributed by atoms with van der Waals surface area (Å²) in [5.41, 5.74) is 0.119. The predicted octanol–water partition coefficient (Wildman–Crippen LogP) is 2.68. The summed E-state index contributed by atoms with van der Waals surface area (Å²) in [6.45, 7) is 0.605. The van der Waals surface area contributed by atoms with E-state index in [0.717, 1.165) is 12.8 Å². The number of hydrogen-bond donors (Lipinski definition) is 1. The fraction of sp³-hybridized carbons (Fsp3) is 0.500. The van der Waals surface area contributed by atoms with Gasteiger partial charge in [0.25, 0.3) is 5.91 Å². The van der Waals surface area contributed by atoms with Crippen molar-refractivity contribution < 1.29 is 9.21 Å². The van der Waals surface area contributed by atoms with E-state index in [2.05, 4.69) is 5.32 Å². The van der Waals surface area contributed by atoms with Crippen LogP contribution in [0.3, 0.4) is 0 Å². The SMILES string of the molecule is O=C(NCC1(CCl)CC1)c1ccc(Cl)o1. The molecule has 15 heavy (non-hydrogen) atoms. The maximum atomic E-state index is 11.5. The molecule has 0 atom stereocenters. The highest BCUT2D eigenvalue weighted by Crippen LogP contribution is 2.45. The molecule has 1 aromatic heterocycles. The molecule has 1 N–H and O–H groups in total. The normalized spacial score (nSPS) is 17.5. The van der Waals surface area contributed by atoms with Gasteiger partial charge in [0.2, 0.25) is 0 Å². The van der Waals surface area contributed by atoms with Crippen LogP contribution in [0, 0.1) is 5.41 Å². The molecule has 82 valence electrons. The van der Waals surface area contributed by atoms with Crippen LogP contribution >= 0.6 is 23.2 Å². The summed E-state index contributed by atoms with van der Waals surface area (Å²) in [6, 6.07) is 3.10. The van der Waals surface area contributed by atoms with Gasteiger partial charge in [0.05, 0.1) is 0 Å². The molecule has 1 fully saturated rings. The van der Waals surface area contributed by atoms with Crippen LogP contribution in [0.4, 0.5) is 0 Å². The number of furan rings is 1. The highest BCUT2D eigenvalue weighted by Gasteiger charge is 2.41. The van der Waals surface area contributed by atoms with Gasteiger partial charge in [-0.3, -0.25) is 4.79 Å². The molecule has 0 bridgehead atoms. The van der Waals surface area contributed by atoms with Gasteiger partial charge < -0.3 is 9.73 Å². The molecule has 0 spiro atoms. The van der Waals surface area contributed by atoms with Crippen LogP contribution in [0.5, 0.6) is 0 Å². The Hall–Kier alpha value is -0.670. The van der Waals surface area contributed by atoms with Crippen molar-refractivity contribution in [1.82, 2.24) is 5.32 Å². The van der Waals surface area contributed by atoms with Gasteiger partial charge in [-0.15, -0.1) is 11.6 Å². The Morgan fingerprint density at radius 1 is 1.53 bits per heavy atom. The van der Waals surface area contributed by atoms with Gasteiger partial charge in [0.1, 0.15) is 0 Å². The molecule has 1 aliphatic rings. The molecule has 2 rings (SSSR count). The molecule has 3 nitrogen and oxygen atoms in total. The molecule has 0 aliphatic heterocycles. The summed E-state index contributed by atoms with van der Waals surface area (Å²) in [7, 11) is 0. The zero-order chi connectivity index (χ0) is 10.9. The lowest BCUT2D eigenvalue weighted by Crippen LogP contribution is -2.30. The summed E-state index contributed by atoms with van der Waals surface area (Å²) in [5.74, 6) is 0.593. The van der Waals surface area contributed by atoms with E-state index in [-0.39, 0.29) is 22.3 Å². The van der Waals surface area contributed by atoms with Crippen LogP contribution in [-0.4, -0.2) is 18.3 Å². The van der Waals surface area contributed by atoms with E-state index in [1.54, 1.807) is 12.1 Å². The van der Waals surface area contributed by atoms with Crippen LogP contribution in [0.1, 0.15) is 23.4 Å². The Bertz CT molecular complexity index is 371. The average Bonchev–Trinajstić information content (AvgIpc) is 2.90. The van der Waals surface area contributed by atoms with Crippen molar-refractivity contribution in [1.29, 1.82) is 0 Å². The van der Waals surface area contributed by atoms with Crippen LogP contribution < -0.4 is 5.32 Å². The second-order valence-corrected chi connectivity index (χ2v) is 4.56. The first-order valence-electron chi connectivity index (χ1n) is 4.75. The Morgan fingerprint density at radius 2 is 2.27 bits per heavy atom. The fourth-order valence-corrected chi connectivity index (χ4v) is 1.83. The third kappa shape index (κ3) is 2.47. The second-order valence-electron chi connectivity index (χ2n) is 3.92. The van der Waals surface area contributed by atoms with Crippen LogP contribution in [0.2, 0.25) is 5.22 Å². The zero-order valence-corrected chi connectivity index (χ0v) is 9.57. The molecule has 0 aromatic carbocycles. The summed E-state index contributed by atoms with van der Waals surface area (Å²) in [4.78, 5) is 11.5. The number of amides is 1. The van der Waals surface area contributed by atoms with Crippen molar-refractivity contribution >= 4 is 29.1 Å². The zero-order valence-electron chi connectivity index (χ0n) is 8.06. The number of halogens is 2. The van der Waals surface area contributed by atoms with Crippen molar-refractivity contribution in [2.75, 3.05) is 12.4 Å².